The first kappa shape index (κ1) is 9.12. The first-order valence-electron chi connectivity index (χ1n) is 3.78. The van der Waals surface area contributed by atoms with Crippen molar-refractivity contribution in [3.8, 4) is 0 Å². The van der Waals surface area contributed by atoms with Crippen molar-refractivity contribution in [1.29, 1.82) is 0 Å². The van der Waals surface area contributed by atoms with Crippen LogP contribution in [0.25, 0.3) is 0 Å². The van der Waals surface area contributed by atoms with Gasteiger partial charge in [0.1, 0.15) is 6.23 Å². The summed E-state index contributed by atoms with van der Waals surface area (Å²) in [5.41, 5.74) is 6.96. The molecule has 1 heterocycles. The molecule has 0 saturated carbocycles. The van der Waals surface area contributed by atoms with Gasteiger partial charge in [0.05, 0.1) is 5.69 Å². The van der Waals surface area contributed by atoms with E-state index >= 15 is 0 Å². The molecule has 0 aliphatic heterocycles. The number of aliphatic hydroxyl groups is 1. The van der Waals surface area contributed by atoms with Crippen molar-refractivity contribution in [1.82, 2.24) is 10.3 Å². The Labute approximate surface area is 71.4 Å². The summed E-state index contributed by atoms with van der Waals surface area (Å²) in [6.45, 7) is 0.393. The Balaban J connectivity index is 2.86. The lowest BCUT2D eigenvalue weighted by molar-refractivity contribution is 0.149. The molecule has 0 amide bonds. The van der Waals surface area contributed by atoms with E-state index < -0.39 is 6.23 Å². The summed E-state index contributed by atoms with van der Waals surface area (Å²) in [5.74, 6) is 0. The van der Waals surface area contributed by atoms with Gasteiger partial charge in [-0.1, -0.05) is 0 Å². The smallest absolute Gasteiger partial charge is 0.130 e. The number of hydrogen-bond acceptors (Lipinski definition) is 4. The van der Waals surface area contributed by atoms with Crippen LogP contribution in [0.15, 0.2) is 18.3 Å². The summed E-state index contributed by atoms with van der Waals surface area (Å²) >= 11 is 0. The van der Waals surface area contributed by atoms with Gasteiger partial charge in [0.15, 0.2) is 0 Å². The van der Waals surface area contributed by atoms with Crippen molar-refractivity contribution in [2.45, 2.75) is 12.8 Å². The van der Waals surface area contributed by atoms with Crippen molar-refractivity contribution < 1.29 is 5.11 Å². The van der Waals surface area contributed by atoms with E-state index in [1.165, 1.54) is 0 Å². The van der Waals surface area contributed by atoms with Gasteiger partial charge < -0.3 is 10.8 Å². The SMILES string of the molecule is CNC(O)c1ccnc(CN)c1. The second kappa shape index (κ2) is 4.15. The van der Waals surface area contributed by atoms with Gasteiger partial charge in [-0.25, -0.2) is 0 Å². The summed E-state index contributed by atoms with van der Waals surface area (Å²) in [4.78, 5) is 4.01. The van der Waals surface area contributed by atoms with Crippen molar-refractivity contribution in [2.24, 2.45) is 5.73 Å². The van der Waals surface area contributed by atoms with Crippen LogP contribution in [0.3, 0.4) is 0 Å². The van der Waals surface area contributed by atoms with Crippen LogP contribution < -0.4 is 11.1 Å². The van der Waals surface area contributed by atoms with Gasteiger partial charge in [-0.05, 0) is 24.7 Å². The highest BCUT2D eigenvalue weighted by atomic mass is 16.3. The van der Waals surface area contributed by atoms with Gasteiger partial charge in [-0.2, -0.15) is 0 Å². The van der Waals surface area contributed by atoms with Crippen LogP contribution in [0.5, 0.6) is 0 Å². The van der Waals surface area contributed by atoms with Crippen molar-refractivity contribution in [2.75, 3.05) is 7.05 Å². The number of aliphatic hydroxyl groups excluding tert-OH is 1. The molecule has 0 aliphatic carbocycles. The molecule has 0 bridgehead atoms. The average Bonchev–Trinajstić information content (AvgIpc) is 2.17. The monoisotopic (exact) mass is 167 g/mol. The molecule has 0 saturated heterocycles. The van der Waals surface area contributed by atoms with Gasteiger partial charge in [-0.3, -0.25) is 10.3 Å². The predicted octanol–water partition coefficient (Wildman–Crippen LogP) is -0.249. The van der Waals surface area contributed by atoms with Gasteiger partial charge >= 0.3 is 0 Å². The number of nitrogens with two attached hydrogens (primary N) is 1. The fraction of sp³-hybridized carbons (Fsp3) is 0.375. The Morgan fingerprint density at radius 1 is 1.75 bits per heavy atom. The van der Waals surface area contributed by atoms with Crippen LogP contribution >= 0.6 is 0 Å². The standard InChI is InChI=1S/C8H13N3O/c1-10-8(12)6-2-3-11-7(4-6)5-9/h2-4,8,10,12H,5,9H2,1H3. The third kappa shape index (κ3) is 2.01. The predicted molar refractivity (Wildman–Crippen MR) is 46.1 cm³/mol. The first-order chi connectivity index (χ1) is 5.77. The van der Waals surface area contributed by atoms with Crippen LogP contribution in [-0.2, 0) is 6.54 Å². The fourth-order valence-electron chi connectivity index (χ4n) is 0.945. The molecule has 1 atom stereocenters. The summed E-state index contributed by atoms with van der Waals surface area (Å²) in [6, 6.07) is 3.53. The van der Waals surface area contributed by atoms with E-state index in [1.54, 1.807) is 25.4 Å². The third-order valence-corrected chi connectivity index (χ3v) is 1.64. The molecule has 0 aromatic carbocycles. The maximum absolute atomic E-state index is 9.37. The number of nitrogens with zero attached hydrogens (tertiary/aromatic N) is 1. The zero-order valence-electron chi connectivity index (χ0n) is 6.99. The molecule has 4 heteroatoms. The molecule has 1 rings (SSSR count). The Kier molecular flexibility index (Phi) is 3.16. The van der Waals surface area contributed by atoms with Crippen LogP contribution in [0, 0.1) is 0 Å². The highest BCUT2D eigenvalue weighted by molar-refractivity contribution is 5.18. The summed E-state index contributed by atoms with van der Waals surface area (Å²) in [7, 11) is 1.69. The minimum Gasteiger partial charge on any atom is -0.374 e. The van der Waals surface area contributed by atoms with Crippen LogP contribution in [-0.4, -0.2) is 17.1 Å². The summed E-state index contributed by atoms with van der Waals surface area (Å²) < 4.78 is 0. The first-order valence-corrected chi connectivity index (χ1v) is 3.78. The molecule has 1 aromatic rings. The van der Waals surface area contributed by atoms with Crippen LogP contribution in [0.4, 0.5) is 0 Å². The summed E-state index contributed by atoms with van der Waals surface area (Å²) in [6.07, 6.45) is 0.997. The van der Waals surface area contributed by atoms with E-state index in [0.29, 0.717) is 6.54 Å². The van der Waals surface area contributed by atoms with E-state index in [4.69, 9.17) is 5.73 Å². The number of pyridine rings is 1. The molecule has 0 aliphatic rings. The molecule has 0 fully saturated rings. The molecule has 0 spiro atoms. The number of aromatic nitrogens is 1. The molecule has 66 valence electrons. The molecule has 4 N–H and O–H groups in total. The van der Waals surface area contributed by atoms with E-state index in [-0.39, 0.29) is 0 Å². The highest BCUT2D eigenvalue weighted by Crippen LogP contribution is 2.08. The molecule has 1 aromatic heterocycles. The molecular formula is C8H13N3O. The van der Waals surface area contributed by atoms with Gasteiger partial charge in [0, 0.05) is 12.7 Å². The lowest BCUT2D eigenvalue weighted by atomic mass is 10.2. The largest absolute Gasteiger partial charge is 0.374 e. The molecule has 0 radical (unpaired) electrons. The Hall–Kier alpha value is -0.970. The average molecular weight is 167 g/mol. The summed E-state index contributed by atoms with van der Waals surface area (Å²) in [5, 5.41) is 12.1. The maximum atomic E-state index is 9.37. The second-order valence-corrected chi connectivity index (χ2v) is 2.48. The number of hydrogen-bond donors (Lipinski definition) is 3. The number of nitrogens with one attached hydrogen (secondary N) is 1. The van der Waals surface area contributed by atoms with Crippen LogP contribution in [0.2, 0.25) is 0 Å². The zero-order chi connectivity index (χ0) is 8.97. The minimum atomic E-state index is -0.640. The zero-order valence-corrected chi connectivity index (χ0v) is 6.99. The fourth-order valence-corrected chi connectivity index (χ4v) is 0.945. The quantitative estimate of drug-likeness (QED) is 0.543. The Morgan fingerprint density at radius 2 is 2.50 bits per heavy atom. The van der Waals surface area contributed by atoms with Gasteiger partial charge in [0.2, 0.25) is 0 Å². The van der Waals surface area contributed by atoms with Crippen LogP contribution in [0.1, 0.15) is 17.5 Å². The van der Waals surface area contributed by atoms with Gasteiger partial charge in [0.25, 0.3) is 0 Å². The van der Waals surface area contributed by atoms with E-state index in [0.717, 1.165) is 11.3 Å². The van der Waals surface area contributed by atoms with E-state index in [1.807, 2.05) is 0 Å². The molecule has 12 heavy (non-hydrogen) atoms. The molecule has 4 nitrogen and oxygen atoms in total. The third-order valence-electron chi connectivity index (χ3n) is 1.64. The van der Waals surface area contributed by atoms with E-state index in [2.05, 4.69) is 10.3 Å². The molecular weight excluding hydrogens is 154 g/mol. The molecule has 1 unspecified atom stereocenters. The Bertz CT molecular complexity index is 252. The van der Waals surface area contributed by atoms with Crippen molar-refractivity contribution >= 4 is 0 Å². The lowest BCUT2D eigenvalue weighted by Crippen LogP contribution is -2.15. The topological polar surface area (TPSA) is 71.2 Å². The highest BCUT2D eigenvalue weighted by Gasteiger charge is 2.03. The second-order valence-electron chi connectivity index (χ2n) is 2.48. The van der Waals surface area contributed by atoms with E-state index in [9.17, 15) is 5.11 Å². The number of rotatable bonds is 3. The minimum absolute atomic E-state index is 0.393. The lowest BCUT2D eigenvalue weighted by Gasteiger charge is -2.09. The normalized spacial score (nSPS) is 12.9. The van der Waals surface area contributed by atoms with Gasteiger partial charge in [-0.15, -0.1) is 0 Å². The van der Waals surface area contributed by atoms with Crippen molar-refractivity contribution in [3.05, 3.63) is 29.6 Å². The van der Waals surface area contributed by atoms with Crippen molar-refractivity contribution in [3.63, 3.8) is 0 Å². The Morgan fingerprint density at radius 3 is 3.08 bits per heavy atom. The maximum Gasteiger partial charge on any atom is 0.130 e.